The summed E-state index contributed by atoms with van der Waals surface area (Å²) in [6.07, 6.45) is 44.5. The Bertz CT molecular complexity index is 1750. The van der Waals surface area contributed by atoms with Crippen molar-refractivity contribution < 1.29 is 80.2 Å². The molecule has 0 rings (SSSR count). The second-order valence-electron chi connectivity index (χ2n) is 26.7. The molecule has 0 bridgehead atoms. The third kappa shape index (κ3) is 64.6. The topological polar surface area (TPSA) is 237 Å². The third-order valence-corrected chi connectivity index (χ3v) is 18.0. The lowest BCUT2D eigenvalue weighted by Gasteiger charge is -2.21. The number of hydrogen-bond acceptors (Lipinski definition) is 15. The monoisotopic (exact) mass is 1310 g/mol. The second-order valence-corrected chi connectivity index (χ2v) is 29.6. The van der Waals surface area contributed by atoms with Crippen molar-refractivity contribution in [2.45, 2.75) is 369 Å². The molecular weight excluding hydrogens is 1170 g/mol. The zero-order chi connectivity index (χ0) is 65.9. The van der Waals surface area contributed by atoms with E-state index in [1.165, 1.54) is 161 Å². The summed E-state index contributed by atoms with van der Waals surface area (Å²) in [5.41, 5.74) is 0. The molecule has 3 N–H and O–H groups in total. The smallest absolute Gasteiger partial charge is 0.462 e. The number of phosphoric ester groups is 2. The third-order valence-electron chi connectivity index (χ3n) is 16.1. The van der Waals surface area contributed by atoms with Crippen molar-refractivity contribution in [1.82, 2.24) is 0 Å². The summed E-state index contributed by atoms with van der Waals surface area (Å²) in [6, 6.07) is 0. The van der Waals surface area contributed by atoms with E-state index in [4.69, 9.17) is 37.0 Å². The van der Waals surface area contributed by atoms with Crippen LogP contribution in [-0.4, -0.2) is 96.7 Å². The van der Waals surface area contributed by atoms with Crippen molar-refractivity contribution >= 4 is 39.5 Å². The molecule has 89 heavy (non-hydrogen) atoms. The second kappa shape index (κ2) is 61.0. The van der Waals surface area contributed by atoms with Crippen LogP contribution in [0.25, 0.3) is 0 Å². The number of ether oxygens (including phenoxy) is 4. The first-order valence-corrected chi connectivity index (χ1v) is 39.3. The summed E-state index contributed by atoms with van der Waals surface area (Å²) in [4.78, 5) is 72.5. The maximum Gasteiger partial charge on any atom is 0.472 e. The number of esters is 4. The molecule has 0 aromatic rings. The molecule has 0 aromatic carbocycles. The van der Waals surface area contributed by atoms with Crippen molar-refractivity contribution in [3.05, 3.63) is 0 Å². The van der Waals surface area contributed by atoms with Crippen molar-refractivity contribution in [1.29, 1.82) is 0 Å². The van der Waals surface area contributed by atoms with Gasteiger partial charge in [-0.2, -0.15) is 0 Å². The lowest BCUT2D eigenvalue weighted by atomic mass is 10.0. The number of carbonyl (C=O) groups excluding carboxylic acids is 4. The van der Waals surface area contributed by atoms with Gasteiger partial charge in [-0.1, -0.05) is 299 Å². The largest absolute Gasteiger partial charge is 0.472 e. The van der Waals surface area contributed by atoms with E-state index in [-0.39, 0.29) is 25.7 Å². The summed E-state index contributed by atoms with van der Waals surface area (Å²) in [6.45, 7) is 11.8. The van der Waals surface area contributed by atoms with Crippen LogP contribution in [0.5, 0.6) is 0 Å². The number of aliphatic hydroxyl groups excluding tert-OH is 1. The molecule has 5 atom stereocenters. The molecule has 2 unspecified atom stereocenters. The van der Waals surface area contributed by atoms with Crippen molar-refractivity contribution in [3.63, 3.8) is 0 Å². The van der Waals surface area contributed by atoms with Gasteiger partial charge in [0.2, 0.25) is 0 Å². The van der Waals surface area contributed by atoms with Crippen LogP contribution in [0.15, 0.2) is 0 Å². The van der Waals surface area contributed by atoms with Crippen LogP contribution in [-0.2, 0) is 65.4 Å². The number of aliphatic hydroxyl groups is 1. The lowest BCUT2D eigenvalue weighted by Crippen LogP contribution is -2.30. The minimum Gasteiger partial charge on any atom is -0.462 e. The fourth-order valence-electron chi connectivity index (χ4n) is 10.5. The zero-order valence-electron chi connectivity index (χ0n) is 57.9. The molecule has 0 heterocycles. The number of hydrogen-bond donors (Lipinski definition) is 3. The molecule has 17 nitrogen and oxygen atoms in total. The predicted molar refractivity (Wildman–Crippen MR) is 358 cm³/mol. The van der Waals surface area contributed by atoms with E-state index in [0.29, 0.717) is 25.7 Å². The lowest BCUT2D eigenvalue weighted by molar-refractivity contribution is -0.161. The van der Waals surface area contributed by atoms with Gasteiger partial charge in [0.1, 0.15) is 19.3 Å². The molecule has 0 aliphatic heterocycles. The first-order chi connectivity index (χ1) is 42.7. The van der Waals surface area contributed by atoms with E-state index >= 15 is 0 Å². The Labute approximate surface area is 543 Å². The summed E-state index contributed by atoms with van der Waals surface area (Å²) in [5.74, 6) is 0.0609. The number of phosphoric acid groups is 2. The van der Waals surface area contributed by atoms with Crippen LogP contribution in [0.3, 0.4) is 0 Å². The average Bonchev–Trinajstić information content (AvgIpc) is 3.66. The Morgan fingerprint density at radius 1 is 0.303 bits per heavy atom. The van der Waals surface area contributed by atoms with Crippen molar-refractivity contribution in [2.75, 3.05) is 39.6 Å². The highest BCUT2D eigenvalue weighted by molar-refractivity contribution is 7.47. The van der Waals surface area contributed by atoms with Crippen LogP contribution < -0.4 is 0 Å². The summed E-state index contributed by atoms with van der Waals surface area (Å²) >= 11 is 0. The molecule has 0 radical (unpaired) electrons. The van der Waals surface area contributed by atoms with Gasteiger partial charge >= 0.3 is 39.5 Å². The number of unbranched alkanes of at least 4 members (excludes halogenated alkanes) is 36. The van der Waals surface area contributed by atoms with Gasteiger partial charge in [-0.15, -0.1) is 0 Å². The Hall–Kier alpha value is -1.94. The summed E-state index contributed by atoms with van der Waals surface area (Å²) in [5, 5.41) is 10.6. The molecule has 528 valence electrons. The van der Waals surface area contributed by atoms with Crippen molar-refractivity contribution in [3.8, 4) is 0 Å². The minimum atomic E-state index is -4.95. The van der Waals surface area contributed by atoms with E-state index < -0.39 is 97.5 Å². The molecule has 0 aliphatic carbocycles. The molecular formula is C70H136O17P2. The molecule has 0 saturated carbocycles. The van der Waals surface area contributed by atoms with Gasteiger partial charge in [-0.05, 0) is 43.4 Å². The molecule has 0 saturated heterocycles. The van der Waals surface area contributed by atoms with Crippen LogP contribution >= 0.6 is 15.6 Å². The Morgan fingerprint density at radius 3 is 0.764 bits per heavy atom. The quantitative estimate of drug-likeness (QED) is 0.0222. The summed E-state index contributed by atoms with van der Waals surface area (Å²) < 4.78 is 68.3. The Balaban J connectivity index is 5.25. The molecule has 0 spiro atoms. The van der Waals surface area contributed by atoms with Crippen LogP contribution in [0.4, 0.5) is 0 Å². The standard InChI is InChI=1S/C70H136O17P2/c1-8-9-10-11-12-13-14-15-16-17-18-21-32-39-46-53-69(74)86-65(57-80-67(72)51-44-37-30-22-19-20-27-34-41-48-61(2)3)59-84-88(76,77)82-55-64(71)56-83-89(78,79)85-60-66(87-70(75)54-47-40-33-26-24-29-36-43-50-63(6)7)58-81-68(73)52-45-38-31-25-23-28-35-42-49-62(4)5/h61-66,71H,8-60H2,1-7H3,(H,76,77)(H,78,79)/t64-,65-,66-/m1/s1. The van der Waals surface area contributed by atoms with Crippen molar-refractivity contribution in [2.24, 2.45) is 17.8 Å². The van der Waals surface area contributed by atoms with E-state index in [2.05, 4.69) is 48.5 Å². The maximum atomic E-state index is 13.0. The Kier molecular flexibility index (Phi) is 59.6. The van der Waals surface area contributed by atoms with Crippen LogP contribution in [0, 0.1) is 17.8 Å². The molecule has 0 aliphatic rings. The van der Waals surface area contributed by atoms with Crippen LogP contribution in [0.1, 0.15) is 350 Å². The molecule has 19 heteroatoms. The number of carbonyl (C=O) groups is 4. The molecule has 0 amide bonds. The maximum absolute atomic E-state index is 13.0. The Morgan fingerprint density at radius 2 is 0.517 bits per heavy atom. The highest BCUT2D eigenvalue weighted by Gasteiger charge is 2.30. The van der Waals surface area contributed by atoms with Gasteiger partial charge in [-0.3, -0.25) is 37.3 Å². The van der Waals surface area contributed by atoms with E-state index in [1.807, 2.05) is 0 Å². The fraction of sp³-hybridized carbons (Fsp3) is 0.943. The normalized spacial score (nSPS) is 14.2. The fourth-order valence-corrected chi connectivity index (χ4v) is 12.1. The summed E-state index contributed by atoms with van der Waals surface area (Å²) in [7, 11) is -9.90. The van der Waals surface area contributed by atoms with E-state index in [1.54, 1.807) is 0 Å². The average molecular weight is 1310 g/mol. The van der Waals surface area contributed by atoms with E-state index in [0.717, 1.165) is 108 Å². The SMILES string of the molecule is CCCCCCCCCCCCCCCCCC(=O)O[C@H](COC(=O)CCCCCCCCCCCC(C)C)COP(=O)(O)OC[C@@H](O)COP(=O)(O)OC[C@@H](COC(=O)CCCCCCCCCCC(C)C)OC(=O)CCCCCCCCCCC(C)C. The highest BCUT2D eigenvalue weighted by Crippen LogP contribution is 2.45. The van der Waals surface area contributed by atoms with Gasteiger partial charge in [0.15, 0.2) is 12.2 Å². The van der Waals surface area contributed by atoms with Gasteiger partial charge in [0.05, 0.1) is 26.4 Å². The van der Waals surface area contributed by atoms with E-state index in [9.17, 15) is 43.2 Å². The number of rotatable bonds is 68. The van der Waals surface area contributed by atoms with Gasteiger partial charge < -0.3 is 33.8 Å². The first kappa shape index (κ1) is 87.1. The highest BCUT2D eigenvalue weighted by atomic mass is 31.2. The first-order valence-electron chi connectivity index (χ1n) is 36.3. The van der Waals surface area contributed by atoms with Gasteiger partial charge in [0, 0.05) is 25.7 Å². The van der Waals surface area contributed by atoms with Gasteiger partial charge in [-0.25, -0.2) is 9.13 Å². The molecule has 0 fully saturated rings. The van der Waals surface area contributed by atoms with Crippen LogP contribution in [0.2, 0.25) is 0 Å². The minimum absolute atomic E-state index is 0.104. The van der Waals surface area contributed by atoms with Gasteiger partial charge in [0.25, 0.3) is 0 Å². The predicted octanol–water partition coefficient (Wildman–Crippen LogP) is 19.8. The zero-order valence-corrected chi connectivity index (χ0v) is 59.7. The molecule has 0 aromatic heterocycles.